The zero-order chi connectivity index (χ0) is 16.2. The highest BCUT2D eigenvalue weighted by Gasteiger charge is 2.16. The second kappa shape index (κ2) is 6.96. The van der Waals surface area contributed by atoms with Gasteiger partial charge in [-0.05, 0) is 24.6 Å². The summed E-state index contributed by atoms with van der Waals surface area (Å²) in [6.07, 6.45) is 3.17. The van der Waals surface area contributed by atoms with Crippen molar-refractivity contribution in [1.82, 2.24) is 9.71 Å². The average molecular weight is 339 g/mol. The molecule has 0 amide bonds. The molecule has 22 heavy (non-hydrogen) atoms. The second-order valence-corrected chi connectivity index (χ2v) is 7.44. The van der Waals surface area contributed by atoms with E-state index in [1.165, 1.54) is 0 Å². The maximum atomic E-state index is 13.2. The quantitative estimate of drug-likeness (QED) is 0.875. The summed E-state index contributed by atoms with van der Waals surface area (Å²) < 4.78 is 39.9. The fourth-order valence-electron chi connectivity index (χ4n) is 1.76. The van der Waals surface area contributed by atoms with Crippen LogP contribution >= 0.6 is 11.3 Å². The molecular formula is C14H14FN3O2S2. The number of halogens is 1. The summed E-state index contributed by atoms with van der Waals surface area (Å²) in [7, 11) is -3.77. The number of benzene rings is 1. The van der Waals surface area contributed by atoms with Crippen LogP contribution in [0.25, 0.3) is 0 Å². The summed E-state index contributed by atoms with van der Waals surface area (Å²) in [5, 5.41) is 9.60. The topological polar surface area (TPSA) is 82.8 Å². The standard InChI is InChI=1S/C14H14FN3O2S2/c1-2-11-9-17-14(21-11)5-6-18-22(19,20)12-3-4-13(15)10(7-12)8-16/h3-4,7,9,18H,2,5-6H2,1H3. The molecule has 0 radical (unpaired) electrons. The number of sulfonamides is 1. The molecule has 0 fully saturated rings. The Balaban J connectivity index is 2.03. The van der Waals surface area contributed by atoms with E-state index in [9.17, 15) is 12.8 Å². The Kier molecular flexibility index (Phi) is 5.24. The molecule has 0 saturated carbocycles. The first kappa shape index (κ1) is 16.5. The van der Waals surface area contributed by atoms with Crippen LogP contribution in [0, 0.1) is 17.1 Å². The van der Waals surface area contributed by atoms with Crippen molar-refractivity contribution in [1.29, 1.82) is 5.26 Å². The molecule has 1 heterocycles. The smallest absolute Gasteiger partial charge is 0.240 e. The molecule has 0 aliphatic heterocycles. The molecule has 116 valence electrons. The maximum Gasteiger partial charge on any atom is 0.240 e. The van der Waals surface area contributed by atoms with Crippen LogP contribution < -0.4 is 4.72 Å². The molecule has 0 unspecified atom stereocenters. The normalized spacial score (nSPS) is 11.3. The molecule has 1 aromatic carbocycles. The Labute approximate surface area is 132 Å². The highest BCUT2D eigenvalue weighted by Crippen LogP contribution is 2.16. The van der Waals surface area contributed by atoms with Gasteiger partial charge in [0.2, 0.25) is 10.0 Å². The summed E-state index contributed by atoms with van der Waals surface area (Å²) in [6, 6.07) is 4.76. The number of aryl methyl sites for hydroxylation is 1. The minimum atomic E-state index is -3.77. The number of hydrogen-bond acceptors (Lipinski definition) is 5. The molecule has 0 aliphatic carbocycles. The van der Waals surface area contributed by atoms with Crippen LogP contribution in [0.2, 0.25) is 0 Å². The second-order valence-electron chi connectivity index (χ2n) is 4.48. The van der Waals surface area contributed by atoms with E-state index in [1.807, 2.05) is 6.92 Å². The fraction of sp³-hybridized carbons (Fsp3) is 0.286. The van der Waals surface area contributed by atoms with E-state index in [0.717, 1.165) is 34.5 Å². The Morgan fingerprint density at radius 1 is 1.45 bits per heavy atom. The van der Waals surface area contributed by atoms with E-state index < -0.39 is 15.8 Å². The third-order valence-electron chi connectivity index (χ3n) is 2.95. The molecule has 2 rings (SSSR count). The van der Waals surface area contributed by atoms with Crippen LogP contribution in [0.3, 0.4) is 0 Å². The lowest BCUT2D eigenvalue weighted by Crippen LogP contribution is -2.26. The van der Waals surface area contributed by atoms with Gasteiger partial charge in [0.05, 0.1) is 15.5 Å². The largest absolute Gasteiger partial charge is 0.249 e. The Morgan fingerprint density at radius 3 is 2.86 bits per heavy atom. The number of thiazole rings is 1. The maximum absolute atomic E-state index is 13.2. The molecule has 1 N–H and O–H groups in total. The zero-order valence-electron chi connectivity index (χ0n) is 11.8. The van der Waals surface area contributed by atoms with Crippen LogP contribution in [0.5, 0.6) is 0 Å². The molecule has 0 aliphatic rings. The van der Waals surface area contributed by atoms with Crippen molar-refractivity contribution in [3.05, 3.63) is 45.7 Å². The lowest BCUT2D eigenvalue weighted by atomic mass is 10.2. The summed E-state index contributed by atoms with van der Waals surface area (Å²) in [5.74, 6) is -0.740. The van der Waals surface area contributed by atoms with Gasteiger partial charge in [0.1, 0.15) is 11.9 Å². The van der Waals surface area contributed by atoms with Gasteiger partial charge >= 0.3 is 0 Å². The van der Waals surface area contributed by atoms with Gasteiger partial charge < -0.3 is 0 Å². The van der Waals surface area contributed by atoms with Crippen molar-refractivity contribution in [2.24, 2.45) is 0 Å². The minimum Gasteiger partial charge on any atom is -0.249 e. The molecular weight excluding hydrogens is 325 g/mol. The van der Waals surface area contributed by atoms with Crippen molar-refractivity contribution in [2.45, 2.75) is 24.7 Å². The first-order chi connectivity index (χ1) is 10.5. The number of rotatable bonds is 6. The molecule has 0 atom stereocenters. The molecule has 0 saturated heterocycles. The van der Waals surface area contributed by atoms with Gasteiger partial charge in [0.25, 0.3) is 0 Å². The Morgan fingerprint density at radius 2 is 2.23 bits per heavy atom. The number of nitrogens with zero attached hydrogens (tertiary/aromatic N) is 2. The van der Waals surface area contributed by atoms with E-state index in [1.54, 1.807) is 23.6 Å². The predicted octanol–water partition coefficient (Wildman–Crippen LogP) is 2.24. The number of aromatic nitrogens is 1. The van der Waals surface area contributed by atoms with Gasteiger partial charge in [-0.25, -0.2) is 22.5 Å². The van der Waals surface area contributed by atoms with E-state index >= 15 is 0 Å². The van der Waals surface area contributed by atoms with Crippen LogP contribution in [-0.2, 0) is 22.9 Å². The molecule has 2 aromatic rings. The highest BCUT2D eigenvalue weighted by atomic mass is 32.2. The molecule has 0 bridgehead atoms. The number of nitriles is 1. The zero-order valence-corrected chi connectivity index (χ0v) is 13.5. The monoisotopic (exact) mass is 339 g/mol. The summed E-state index contributed by atoms with van der Waals surface area (Å²) >= 11 is 1.55. The first-order valence-corrected chi connectivity index (χ1v) is 8.89. The molecule has 8 heteroatoms. The average Bonchev–Trinajstić information content (AvgIpc) is 2.95. The third kappa shape index (κ3) is 3.88. The highest BCUT2D eigenvalue weighted by molar-refractivity contribution is 7.89. The Hall–Kier alpha value is -1.82. The van der Waals surface area contributed by atoms with Crippen LogP contribution in [0.15, 0.2) is 29.3 Å². The first-order valence-electron chi connectivity index (χ1n) is 6.59. The van der Waals surface area contributed by atoms with Gasteiger partial charge in [-0.3, -0.25) is 0 Å². The van der Waals surface area contributed by atoms with Crippen LogP contribution in [0.4, 0.5) is 4.39 Å². The number of nitrogens with one attached hydrogen (secondary N) is 1. The predicted molar refractivity (Wildman–Crippen MR) is 81.5 cm³/mol. The van der Waals surface area contributed by atoms with Crippen LogP contribution in [-0.4, -0.2) is 19.9 Å². The molecule has 0 spiro atoms. The summed E-state index contributed by atoms with van der Waals surface area (Å²) in [5.41, 5.74) is -0.296. The lowest BCUT2D eigenvalue weighted by molar-refractivity contribution is 0.580. The van der Waals surface area contributed by atoms with Gasteiger partial charge in [0, 0.05) is 24.0 Å². The third-order valence-corrected chi connectivity index (χ3v) is 5.61. The van der Waals surface area contributed by atoms with E-state index in [-0.39, 0.29) is 17.0 Å². The summed E-state index contributed by atoms with van der Waals surface area (Å²) in [6.45, 7) is 2.22. The van der Waals surface area contributed by atoms with E-state index in [0.29, 0.717) is 6.42 Å². The molecule has 1 aromatic heterocycles. The van der Waals surface area contributed by atoms with Crippen molar-refractivity contribution in [2.75, 3.05) is 6.54 Å². The van der Waals surface area contributed by atoms with Crippen molar-refractivity contribution in [3.8, 4) is 6.07 Å². The molecule has 5 nitrogen and oxygen atoms in total. The van der Waals surface area contributed by atoms with Gasteiger partial charge in [0.15, 0.2) is 0 Å². The van der Waals surface area contributed by atoms with Crippen molar-refractivity contribution in [3.63, 3.8) is 0 Å². The number of hydrogen-bond donors (Lipinski definition) is 1. The Bertz CT molecular complexity index is 810. The van der Waals surface area contributed by atoms with Crippen molar-refractivity contribution >= 4 is 21.4 Å². The SMILES string of the molecule is CCc1cnc(CCNS(=O)(=O)c2ccc(F)c(C#N)c2)s1. The minimum absolute atomic E-state index is 0.126. The van der Waals surface area contributed by atoms with Gasteiger partial charge in [-0.15, -0.1) is 11.3 Å². The van der Waals surface area contributed by atoms with Crippen molar-refractivity contribution < 1.29 is 12.8 Å². The van der Waals surface area contributed by atoms with Gasteiger partial charge in [-0.2, -0.15) is 5.26 Å². The van der Waals surface area contributed by atoms with E-state index in [2.05, 4.69) is 9.71 Å². The van der Waals surface area contributed by atoms with Crippen LogP contribution in [0.1, 0.15) is 22.4 Å². The summed E-state index contributed by atoms with van der Waals surface area (Å²) in [4.78, 5) is 5.23. The van der Waals surface area contributed by atoms with E-state index in [4.69, 9.17) is 5.26 Å². The van der Waals surface area contributed by atoms with Gasteiger partial charge in [-0.1, -0.05) is 6.92 Å². The lowest BCUT2D eigenvalue weighted by Gasteiger charge is -2.06. The fourth-order valence-corrected chi connectivity index (χ4v) is 3.68.